The molecule has 0 spiro atoms. The Morgan fingerprint density at radius 3 is 1.94 bits per heavy atom. The summed E-state index contributed by atoms with van der Waals surface area (Å²) in [5.41, 5.74) is 4.56. The van der Waals surface area contributed by atoms with Gasteiger partial charge in [0.05, 0.1) is 5.69 Å². The van der Waals surface area contributed by atoms with E-state index in [9.17, 15) is 0 Å². The zero-order valence-corrected chi connectivity index (χ0v) is 20.3. The molecular weight excluding hydrogens is 426 g/mol. The van der Waals surface area contributed by atoms with Crippen molar-refractivity contribution in [1.29, 1.82) is 0 Å². The van der Waals surface area contributed by atoms with Gasteiger partial charge < -0.3 is 4.74 Å². The minimum Gasteiger partial charge on any atom is -0.439 e. The van der Waals surface area contributed by atoms with Crippen molar-refractivity contribution >= 4 is 17.9 Å². The molecule has 33 heavy (non-hydrogen) atoms. The molecule has 3 aromatic carbocycles. The van der Waals surface area contributed by atoms with Crippen molar-refractivity contribution in [2.24, 2.45) is 0 Å². The van der Waals surface area contributed by atoms with E-state index >= 15 is 0 Å². The summed E-state index contributed by atoms with van der Waals surface area (Å²) in [7, 11) is 0. The highest BCUT2D eigenvalue weighted by molar-refractivity contribution is 8.00. The summed E-state index contributed by atoms with van der Waals surface area (Å²) >= 11 is 1.48. The van der Waals surface area contributed by atoms with E-state index < -0.39 is 0 Å². The van der Waals surface area contributed by atoms with Crippen LogP contribution >= 0.6 is 11.9 Å². The standard InChI is InChI=1S/C28H29N3OS/c1-19(2)23-16-11-17-24(20(3)4)27(23)25-18-26(32-21-12-7-5-8-13-21)30-28(29-25)31-33-22-14-9-6-10-15-22/h5-20H,1-4H3,(H,29,30,31). The van der Waals surface area contributed by atoms with Crippen LogP contribution < -0.4 is 9.46 Å². The van der Waals surface area contributed by atoms with Gasteiger partial charge in [-0.15, -0.1) is 0 Å². The Labute approximate surface area is 200 Å². The molecule has 5 heteroatoms. The Balaban J connectivity index is 1.79. The summed E-state index contributed by atoms with van der Waals surface area (Å²) in [5, 5.41) is 0. The monoisotopic (exact) mass is 455 g/mol. The van der Waals surface area contributed by atoms with Crippen LogP contribution in [0.1, 0.15) is 50.7 Å². The van der Waals surface area contributed by atoms with Gasteiger partial charge >= 0.3 is 0 Å². The lowest BCUT2D eigenvalue weighted by molar-refractivity contribution is 0.463. The lowest BCUT2D eigenvalue weighted by Crippen LogP contribution is -2.04. The van der Waals surface area contributed by atoms with Gasteiger partial charge in [0.25, 0.3) is 0 Å². The third-order valence-corrected chi connectivity index (χ3v) is 6.09. The second-order valence-corrected chi connectivity index (χ2v) is 9.35. The largest absolute Gasteiger partial charge is 0.439 e. The van der Waals surface area contributed by atoms with E-state index in [2.05, 4.69) is 55.6 Å². The summed E-state index contributed by atoms with van der Waals surface area (Å²) in [4.78, 5) is 10.7. The number of ether oxygens (including phenoxy) is 1. The lowest BCUT2D eigenvalue weighted by atomic mass is 9.87. The van der Waals surface area contributed by atoms with Crippen molar-refractivity contribution in [3.63, 3.8) is 0 Å². The first-order valence-electron chi connectivity index (χ1n) is 11.2. The lowest BCUT2D eigenvalue weighted by Gasteiger charge is -2.20. The van der Waals surface area contributed by atoms with Crippen LogP contribution in [0.3, 0.4) is 0 Å². The van der Waals surface area contributed by atoms with Gasteiger partial charge in [0.1, 0.15) is 5.75 Å². The smallest absolute Gasteiger partial charge is 0.237 e. The van der Waals surface area contributed by atoms with E-state index in [0.29, 0.717) is 23.7 Å². The van der Waals surface area contributed by atoms with E-state index in [1.54, 1.807) is 0 Å². The second-order valence-electron chi connectivity index (χ2n) is 8.47. The number of hydrogen-bond donors (Lipinski definition) is 1. The number of nitrogens with zero attached hydrogens (tertiary/aromatic N) is 2. The number of anilines is 1. The minimum atomic E-state index is 0.363. The van der Waals surface area contributed by atoms with Crippen LogP contribution in [0, 0.1) is 0 Å². The predicted octanol–water partition coefficient (Wildman–Crippen LogP) is 8.30. The van der Waals surface area contributed by atoms with Gasteiger partial charge in [-0.05, 0) is 59.2 Å². The second kappa shape index (κ2) is 10.5. The predicted molar refractivity (Wildman–Crippen MR) is 138 cm³/mol. The Hall–Kier alpha value is -3.31. The van der Waals surface area contributed by atoms with Crippen LogP contribution in [-0.4, -0.2) is 9.97 Å². The van der Waals surface area contributed by atoms with Crippen molar-refractivity contribution in [1.82, 2.24) is 9.97 Å². The first kappa shape index (κ1) is 22.9. The molecule has 4 aromatic rings. The molecule has 0 aliphatic heterocycles. The Bertz CT molecular complexity index is 1170. The maximum atomic E-state index is 6.13. The van der Waals surface area contributed by atoms with Gasteiger partial charge in [0, 0.05) is 16.5 Å². The molecular formula is C28H29N3OS. The Morgan fingerprint density at radius 1 is 0.727 bits per heavy atom. The van der Waals surface area contributed by atoms with Crippen molar-refractivity contribution in [2.75, 3.05) is 4.72 Å². The molecule has 0 aliphatic rings. The fourth-order valence-electron chi connectivity index (χ4n) is 3.70. The summed E-state index contributed by atoms with van der Waals surface area (Å²) in [6, 6.07) is 28.3. The number of aromatic nitrogens is 2. The van der Waals surface area contributed by atoms with Crippen LogP contribution in [0.15, 0.2) is 89.8 Å². The molecule has 0 saturated heterocycles. The highest BCUT2D eigenvalue weighted by Gasteiger charge is 2.19. The van der Waals surface area contributed by atoms with Crippen LogP contribution in [0.4, 0.5) is 5.95 Å². The van der Waals surface area contributed by atoms with Gasteiger partial charge in [0.2, 0.25) is 11.8 Å². The third kappa shape index (κ3) is 5.74. The number of para-hydroxylation sites is 1. The van der Waals surface area contributed by atoms with Crippen molar-refractivity contribution < 1.29 is 4.74 Å². The fraction of sp³-hybridized carbons (Fsp3) is 0.214. The average molecular weight is 456 g/mol. The molecule has 0 bridgehead atoms. The maximum absolute atomic E-state index is 6.13. The van der Waals surface area contributed by atoms with E-state index in [1.165, 1.54) is 23.1 Å². The van der Waals surface area contributed by atoms with Gasteiger partial charge in [-0.3, -0.25) is 4.72 Å². The molecule has 0 atom stereocenters. The molecule has 4 rings (SSSR count). The molecule has 0 fully saturated rings. The summed E-state index contributed by atoms with van der Waals surface area (Å²) in [6.07, 6.45) is 0. The van der Waals surface area contributed by atoms with E-state index in [0.717, 1.165) is 21.9 Å². The minimum absolute atomic E-state index is 0.363. The van der Waals surface area contributed by atoms with Crippen molar-refractivity contribution in [3.05, 3.63) is 96.1 Å². The zero-order chi connectivity index (χ0) is 23.2. The first-order valence-corrected chi connectivity index (χ1v) is 12.1. The first-order chi connectivity index (χ1) is 16.0. The molecule has 0 unspecified atom stereocenters. The summed E-state index contributed by atoms with van der Waals surface area (Å²) in [6.45, 7) is 8.87. The van der Waals surface area contributed by atoms with E-state index in [1.807, 2.05) is 66.7 Å². The zero-order valence-electron chi connectivity index (χ0n) is 19.4. The summed E-state index contributed by atoms with van der Waals surface area (Å²) < 4.78 is 9.44. The van der Waals surface area contributed by atoms with Crippen LogP contribution in [0.2, 0.25) is 0 Å². The number of rotatable bonds is 8. The molecule has 0 radical (unpaired) electrons. The average Bonchev–Trinajstić information content (AvgIpc) is 2.83. The Morgan fingerprint density at radius 2 is 1.33 bits per heavy atom. The number of benzene rings is 3. The van der Waals surface area contributed by atoms with Gasteiger partial charge in [-0.25, -0.2) is 4.98 Å². The Kier molecular flexibility index (Phi) is 7.30. The highest BCUT2D eigenvalue weighted by Crippen LogP contribution is 2.37. The van der Waals surface area contributed by atoms with Crippen molar-refractivity contribution in [3.8, 4) is 22.9 Å². The quantitative estimate of drug-likeness (QED) is 0.271. The number of hydrogen-bond acceptors (Lipinski definition) is 5. The SMILES string of the molecule is CC(C)c1cccc(C(C)C)c1-c1cc(Oc2ccccc2)nc(NSc2ccccc2)n1. The van der Waals surface area contributed by atoms with Crippen molar-refractivity contribution in [2.45, 2.75) is 44.4 Å². The molecule has 0 saturated carbocycles. The molecule has 0 aliphatic carbocycles. The van der Waals surface area contributed by atoms with E-state index in [4.69, 9.17) is 9.72 Å². The molecule has 4 nitrogen and oxygen atoms in total. The topological polar surface area (TPSA) is 47.0 Å². The highest BCUT2D eigenvalue weighted by atomic mass is 32.2. The number of nitrogens with one attached hydrogen (secondary N) is 1. The van der Waals surface area contributed by atoms with Crippen LogP contribution in [0.25, 0.3) is 11.3 Å². The molecule has 1 heterocycles. The van der Waals surface area contributed by atoms with Gasteiger partial charge in [-0.2, -0.15) is 4.98 Å². The van der Waals surface area contributed by atoms with Crippen LogP contribution in [-0.2, 0) is 0 Å². The normalized spacial score (nSPS) is 11.1. The van der Waals surface area contributed by atoms with Gasteiger partial charge in [0.15, 0.2) is 0 Å². The van der Waals surface area contributed by atoms with Crippen LogP contribution in [0.5, 0.6) is 11.6 Å². The summed E-state index contributed by atoms with van der Waals surface area (Å²) in [5.74, 6) is 2.49. The fourth-order valence-corrected chi connectivity index (χ4v) is 4.29. The maximum Gasteiger partial charge on any atom is 0.237 e. The van der Waals surface area contributed by atoms with Gasteiger partial charge in [-0.1, -0.05) is 82.3 Å². The molecule has 1 aromatic heterocycles. The van der Waals surface area contributed by atoms with E-state index in [-0.39, 0.29) is 0 Å². The molecule has 0 amide bonds. The molecule has 168 valence electrons. The third-order valence-electron chi connectivity index (χ3n) is 5.30. The molecule has 1 N–H and O–H groups in total.